The largest absolute Gasteiger partial charge is 0.506 e. The monoisotopic (exact) mass is 591 g/mol. The van der Waals surface area contributed by atoms with E-state index in [0.29, 0.717) is 20.6 Å². The third kappa shape index (κ3) is 4.61. The van der Waals surface area contributed by atoms with Crippen molar-refractivity contribution in [2.45, 2.75) is 12.8 Å². The number of thioether (sulfide) groups is 1. The van der Waals surface area contributed by atoms with Gasteiger partial charge in [0.2, 0.25) is 0 Å². The molecule has 1 aliphatic heterocycles. The van der Waals surface area contributed by atoms with Crippen molar-refractivity contribution < 1.29 is 14.7 Å². The fourth-order valence-corrected chi connectivity index (χ4v) is 5.36. The molecule has 3 rings (SSSR count). The molecule has 0 radical (unpaired) electrons. The van der Waals surface area contributed by atoms with Crippen LogP contribution in [0.2, 0.25) is 0 Å². The van der Waals surface area contributed by atoms with E-state index in [0.717, 1.165) is 28.2 Å². The number of halogens is 2. The summed E-state index contributed by atoms with van der Waals surface area (Å²) in [6, 6.07) is 13.6. The third-order valence-corrected chi connectivity index (χ3v) is 6.26. The van der Waals surface area contributed by atoms with Crippen LogP contribution in [0.15, 0.2) is 47.4 Å². The van der Waals surface area contributed by atoms with E-state index in [2.05, 4.69) is 22.6 Å². The molecule has 0 aromatic heterocycles. The van der Waals surface area contributed by atoms with Crippen LogP contribution in [0.25, 0.3) is 6.08 Å². The third-order valence-electron chi connectivity index (χ3n) is 3.91. The number of carbonyl (C=O) groups excluding carboxylic acids is 2. The zero-order valence-corrected chi connectivity index (χ0v) is 18.7. The Morgan fingerprint density at radius 2 is 1.85 bits per heavy atom. The van der Waals surface area contributed by atoms with E-state index < -0.39 is 0 Å². The predicted octanol–water partition coefficient (Wildman–Crippen LogP) is 5.27. The topological polar surface area (TPSA) is 57.6 Å². The quantitative estimate of drug-likeness (QED) is 0.381. The summed E-state index contributed by atoms with van der Waals surface area (Å²) in [5.41, 5.74) is 1.74. The van der Waals surface area contributed by atoms with E-state index in [1.54, 1.807) is 12.1 Å². The lowest BCUT2D eigenvalue weighted by atomic mass is 10.1. The van der Waals surface area contributed by atoms with Gasteiger partial charge in [0.1, 0.15) is 5.75 Å². The molecule has 2 amide bonds. The van der Waals surface area contributed by atoms with Crippen molar-refractivity contribution in [2.24, 2.45) is 0 Å². The number of imide groups is 1. The molecule has 0 atom stereocenters. The van der Waals surface area contributed by atoms with Crippen LogP contribution in [-0.2, 0) is 11.2 Å². The van der Waals surface area contributed by atoms with Gasteiger partial charge in [-0.3, -0.25) is 14.5 Å². The van der Waals surface area contributed by atoms with Crippen molar-refractivity contribution in [3.05, 3.63) is 65.6 Å². The van der Waals surface area contributed by atoms with Gasteiger partial charge in [0.15, 0.2) is 0 Å². The van der Waals surface area contributed by atoms with E-state index in [-0.39, 0.29) is 16.9 Å². The van der Waals surface area contributed by atoms with Crippen LogP contribution in [-0.4, -0.2) is 27.7 Å². The maximum absolute atomic E-state index is 12.6. The van der Waals surface area contributed by atoms with Crippen molar-refractivity contribution in [2.75, 3.05) is 6.54 Å². The normalized spacial score (nSPS) is 15.9. The van der Waals surface area contributed by atoms with Crippen LogP contribution in [0.1, 0.15) is 17.5 Å². The fourth-order valence-electron chi connectivity index (χ4n) is 2.62. The first kappa shape index (κ1) is 19.7. The zero-order chi connectivity index (χ0) is 18.7. The summed E-state index contributed by atoms with van der Waals surface area (Å²) in [5.74, 6) is -0.164. The number of hydrogen-bond acceptors (Lipinski definition) is 4. The number of benzene rings is 2. The number of aryl methyl sites for hydroxylation is 1. The van der Waals surface area contributed by atoms with Gasteiger partial charge in [0, 0.05) is 15.7 Å². The van der Waals surface area contributed by atoms with Gasteiger partial charge in [0.05, 0.1) is 8.48 Å². The molecule has 1 heterocycles. The van der Waals surface area contributed by atoms with E-state index >= 15 is 0 Å². The first-order valence-electron chi connectivity index (χ1n) is 7.93. The highest BCUT2D eigenvalue weighted by Crippen LogP contribution is 2.35. The van der Waals surface area contributed by atoms with E-state index in [4.69, 9.17) is 0 Å². The lowest BCUT2D eigenvalue weighted by Gasteiger charge is -2.12. The van der Waals surface area contributed by atoms with Crippen molar-refractivity contribution in [3.8, 4) is 5.75 Å². The number of amides is 2. The molecule has 0 aliphatic carbocycles. The van der Waals surface area contributed by atoms with Gasteiger partial charge in [-0.2, -0.15) is 0 Å². The van der Waals surface area contributed by atoms with E-state index in [1.165, 1.54) is 10.5 Å². The van der Waals surface area contributed by atoms with Gasteiger partial charge in [0.25, 0.3) is 11.1 Å². The summed E-state index contributed by atoms with van der Waals surface area (Å²) < 4.78 is 1.67. The number of phenols is 1. The molecule has 2 aromatic carbocycles. The van der Waals surface area contributed by atoms with Gasteiger partial charge in [-0.05, 0) is 93.6 Å². The molecular formula is C19H15I2NO3S. The molecule has 1 N–H and O–H groups in total. The predicted molar refractivity (Wildman–Crippen MR) is 121 cm³/mol. The van der Waals surface area contributed by atoms with Gasteiger partial charge in [-0.15, -0.1) is 0 Å². The smallest absolute Gasteiger partial charge is 0.293 e. The SMILES string of the molecule is O=C1S/C(=C/c2cc(I)cc(I)c2O)C(=O)N1CCCc1ccccc1. The first-order chi connectivity index (χ1) is 12.5. The number of aromatic hydroxyl groups is 1. The maximum Gasteiger partial charge on any atom is 0.293 e. The van der Waals surface area contributed by atoms with Crippen molar-refractivity contribution in [3.63, 3.8) is 0 Å². The summed E-state index contributed by atoms with van der Waals surface area (Å²) in [5, 5.41) is 9.94. The molecule has 134 valence electrons. The first-order valence-corrected chi connectivity index (χ1v) is 10.9. The Morgan fingerprint density at radius 3 is 2.58 bits per heavy atom. The van der Waals surface area contributed by atoms with Gasteiger partial charge in [-0.25, -0.2) is 0 Å². The molecule has 1 aliphatic rings. The summed E-state index contributed by atoms with van der Waals surface area (Å²) in [6.45, 7) is 0.396. The highest BCUT2D eigenvalue weighted by Gasteiger charge is 2.34. The molecule has 2 aromatic rings. The Morgan fingerprint density at radius 1 is 1.12 bits per heavy atom. The van der Waals surface area contributed by atoms with E-state index in [1.807, 2.05) is 59.0 Å². The lowest BCUT2D eigenvalue weighted by Crippen LogP contribution is -2.29. The van der Waals surface area contributed by atoms with Crippen molar-refractivity contribution in [1.29, 1.82) is 0 Å². The van der Waals surface area contributed by atoms with Crippen LogP contribution in [0.3, 0.4) is 0 Å². The Bertz CT molecular complexity index is 884. The minimum Gasteiger partial charge on any atom is -0.506 e. The lowest BCUT2D eigenvalue weighted by molar-refractivity contribution is -0.122. The van der Waals surface area contributed by atoms with Crippen LogP contribution in [0.4, 0.5) is 4.79 Å². The second-order valence-electron chi connectivity index (χ2n) is 5.75. The molecule has 26 heavy (non-hydrogen) atoms. The average molecular weight is 591 g/mol. The minimum absolute atomic E-state index is 0.127. The van der Waals surface area contributed by atoms with Crippen LogP contribution < -0.4 is 0 Å². The summed E-state index contributed by atoms with van der Waals surface area (Å²) in [7, 11) is 0. The Kier molecular flexibility index (Phi) is 6.62. The Labute approximate surface area is 183 Å². The van der Waals surface area contributed by atoms with Gasteiger partial charge < -0.3 is 5.11 Å². The standard InChI is InChI=1S/C19H15I2NO3S/c20-14-9-13(17(23)15(21)11-14)10-16-18(24)22(19(25)26-16)8-4-7-12-5-2-1-3-6-12/h1-3,5-6,9-11,23H,4,7-8H2/b16-10+. The second-order valence-corrected chi connectivity index (χ2v) is 9.15. The molecule has 0 bridgehead atoms. The number of phenolic OH excluding ortho intramolecular Hbond substituents is 1. The number of hydrogen-bond donors (Lipinski definition) is 1. The fraction of sp³-hybridized carbons (Fsp3) is 0.158. The van der Waals surface area contributed by atoms with Gasteiger partial charge in [-0.1, -0.05) is 30.3 Å². The second kappa shape index (κ2) is 8.75. The average Bonchev–Trinajstić information content (AvgIpc) is 2.87. The molecule has 7 heteroatoms. The number of rotatable bonds is 5. The summed E-state index contributed by atoms with van der Waals surface area (Å²) in [6.07, 6.45) is 3.14. The number of carbonyl (C=O) groups is 2. The molecule has 0 saturated carbocycles. The van der Waals surface area contributed by atoms with Crippen molar-refractivity contribution >= 4 is 74.2 Å². The van der Waals surface area contributed by atoms with Gasteiger partial charge >= 0.3 is 0 Å². The summed E-state index contributed by atoms with van der Waals surface area (Å²) >= 11 is 5.13. The molecule has 1 saturated heterocycles. The number of nitrogens with zero attached hydrogens (tertiary/aromatic N) is 1. The Hall–Kier alpha value is -1.07. The highest BCUT2D eigenvalue weighted by atomic mass is 127. The Balaban J connectivity index is 1.70. The molecule has 0 unspecified atom stereocenters. The van der Waals surface area contributed by atoms with Crippen LogP contribution >= 0.6 is 56.9 Å². The highest BCUT2D eigenvalue weighted by molar-refractivity contribution is 14.1. The minimum atomic E-state index is -0.290. The molecule has 1 fully saturated rings. The molecular weight excluding hydrogens is 576 g/mol. The van der Waals surface area contributed by atoms with Crippen LogP contribution in [0, 0.1) is 7.14 Å². The summed E-state index contributed by atoms with van der Waals surface area (Å²) in [4.78, 5) is 26.4. The zero-order valence-electron chi connectivity index (χ0n) is 13.6. The van der Waals surface area contributed by atoms with Crippen molar-refractivity contribution in [1.82, 2.24) is 4.90 Å². The van der Waals surface area contributed by atoms with E-state index in [9.17, 15) is 14.7 Å². The molecule has 0 spiro atoms. The molecule has 4 nitrogen and oxygen atoms in total. The van der Waals surface area contributed by atoms with Crippen LogP contribution in [0.5, 0.6) is 5.75 Å². The maximum atomic E-state index is 12.6.